The summed E-state index contributed by atoms with van der Waals surface area (Å²) in [6, 6.07) is 35.5. The Bertz CT molecular complexity index is 1970. The molecule has 0 aromatic heterocycles. The molecule has 4 rings (SSSR count). The van der Waals surface area contributed by atoms with Crippen LogP contribution >= 0.6 is 0 Å². The van der Waals surface area contributed by atoms with Gasteiger partial charge in [-0.15, -0.1) is 0 Å². The number of aliphatic hydroxyl groups excluding tert-OH is 2. The first-order chi connectivity index (χ1) is 31.1. The molecule has 0 aliphatic carbocycles. The molecule has 0 spiro atoms. The Morgan fingerprint density at radius 1 is 0.523 bits per heavy atom. The maximum atomic E-state index is 12.5. The molecule has 0 heterocycles. The molecule has 0 saturated carbocycles. The van der Waals surface area contributed by atoms with Gasteiger partial charge in [-0.3, -0.25) is 21.3 Å². The van der Waals surface area contributed by atoms with Gasteiger partial charge in [0.2, 0.25) is 11.9 Å². The zero-order valence-electron chi connectivity index (χ0n) is 37.8. The minimum atomic E-state index is -1.99. The van der Waals surface area contributed by atoms with Gasteiger partial charge in [0.15, 0.2) is 8.32 Å². The highest BCUT2D eigenvalue weighted by molar-refractivity contribution is 6.74. The van der Waals surface area contributed by atoms with Crippen molar-refractivity contribution in [3.05, 3.63) is 144 Å². The number of nitrogens with one attached hydrogen (secondary N) is 4. The van der Waals surface area contributed by atoms with Crippen molar-refractivity contribution in [1.82, 2.24) is 21.3 Å². The van der Waals surface area contributed by atoms with Crippen molar-refractivity contribution in [2.24, 2.45) is 9.98 Å². The second-order valence-corrected chi connectivity index (χ2v) is 20.7. The van der Waals surface area contributed by atoms with E-state index in [1.807, 2.05) is 79.7 Å². The van der Waals surface area contributed by atoms with Crippen LogP contribution < -0.4 is 21.3 Å². The van der Waals surface area contributed by atoms with Crippen molar-refractivity contribution in [3.63, 3.8) is 0 Å². The van der Waals surface area contributed by atoms with Crippen LogP contribution in [0.25, 0.3) is 0 Å². The molecule has 6 N–H and O–H groups in total. The highest BCUT2D eigenvalue weighted by Crippen LogP contribution is 2.36. The molecule has 1 atom stereocenters. The number of amides is 4. The van der Waals surface area contributed by atoms with Crippen LogP contribution in [0.5, 0.6) is 0 Å². The summed E-state index contributed by atoms with van der Waals surface area (Å²) in [4.78, 5) is 57.4. The van der Waals surface area contributed by atoms with E-state index < -0.39 is 51.9 Å². The first-order valence-corrected chi connectivity index (χ1v) is 23.9. The minimum absolute atomic E-state index is 0.0157. The molecular weight excluding hydrogens is 853 g/mol. The van der Waals surface area contributed by atoms with Crippen molar-refractivity contribution in [2.45, 2.75) is 90.8 Å². The van der Waals surface area contributed by atoms with E-state index in [0.29, 0.717) is 13.0 Å². The van der Waals surface area contributed by atoms with E-state index in [2.05, 4.69) is 65.1 Å². The first-order valence-electron chi connectivity index (χ1n) is 21.0. The van der Waals surface area contributed by atoms with Gasteiger partial charge in [0, 0.05) is 0 Å². The van der Waals surface area contributed by atoms with Crippen LogP contribution in [-0.2, 0) is 49.8 Å². The number of aliphatic imine (C=N–C) groups is 2. The summed E-state index contributed by atoms with van der Waals surface area (Å²) in [5.74, 6) is -0.356. The Labute approximate surface area is 381 Å². The van der Waals surface area contributed by atoms with E-state index in [1.165, 1.54) is 0 Å². The molecule has 18 heteroatoms. The lowest BCUT2D eigenvalue weighted by molar-refractivity contribution is 0.139. The lowest BCUT2D eigenvalue weighted by atomic mass is 10.2. The fourth-order valence-electron chi connectivity index (χ4n) is 4.89. The van der Waals surface area contributed by atoms with Gasteiger partial charge in [-0.25, -0.2) is 29.2 Å². The lowest BCUT2D eigenvalue weighted by Crippen LogP contribution is -2.46. The number of carbonyl (C=O) groups excluding carboxylic acids is 4. The Balaban J connectivity index is 0.000000353. The molecule has 1 unspecified atom stereocenters. The summed E-state index contributed by atoms with van der Waals surface area (Å²) in [5, 5.41) is 28.1. The topological polar surface area (TPSA) is 228 Å². The molecule has 0 saturated heterocycles. The summed E-state index contributed by atoms with van der Waals surface area (Å²) in [6.45, 7) is 12.4. The van der Waals surface area contributed by atoms with Gasteiger partial charge in [-0.1, -0.05) is 149 Å². The van der Waals surface area contributed by atoms with Gasteiger partial charge in [-0.2, -0.15) is 0 Å². The predicted octanol–water partition coefficient (Wildman–Crippen LogP) is 7.54. The number of carbonyl (C=O) groups is 4. The number of nitrogens with zero attached hydrogens (tertiary/aromatic N) is 2. The van der Waals surface area contributed by atoms with E-state index in [9.17, 15) is 29.4 Å². The Kier molecular flexibility index (Phi) is 22.9. The summed E-state index contributed by atoms with van der Waals surface area (Å²) in [6.07, 6.45) is -2.56. The maximum Gasteiger partial charge on any atom is 0.414 e. The molecule has 0 radical (unpaired) electrons. The van der Waals surface area contributed by atoms with Crippen molar-refractivity contribution >= 4 is 44.6 Å². The minimum Gasteiger partial charge on any atom is -0.444 e. The standard InChI is InChI=1S/C27H39N3O5Si.C20H23N3O6/c1-7-23(20-35-36(5,6)27(2,3)4)28-24(29-25(31)33-18-21-14-10-8-11-15-21)30-26(32)34-19-22-16-12-9-13-17-22;24-11-17(12-25)21-18(22-19(26)28-13-15-7-3-1-4-8-15)23-20(27)29-14-16-9-5-2-6-10-16/h8-17,23H,7,18-20H2,1-6H3,(H2,28,29,30,31,32);1-10,17,24-25H,11-14H2,(H2,21,22,23,26,27). The summed E-state index contributed by atoms with van der Waals surface area (Å²) in [7, 11) is -1.99. The monoisotopic (exact) mass is 914 g/mol. The molecule has 0 fully saturated rings. The largest absolute Gasteiger partial charge is 0.444 e. The lowest BCUT2D eigenvalue weighted by Gasteiger charge is -2.36. The number of alkyl carbamates (subject to hydrolysis) is 4. The molecule has 0 bridgehead atoms. The average Bonchev–Trinajstić information content (AvgIpc) is 3.30. The smallest absolute Gasteiger partial charge is 0.414 e. The molecule has 65 heavy (non-hydrogen) atoms. The Morgan fingerprint density at radius 2 is 0.800 bits per heavy atom. The summed E-state index contributed by atoms with van der Waals surface area (Å²) >= 11 is 0. The Morgan fingerprint density at radius 3 is 1.05 bits per heavy atom. The van der Waals surface area contributed by atoms with Crippen molar-refractivity contribution < 1.29 is 52.8 Å². The van der Waals surface area contributed by atoms with Crippen LogP contribution in [0.1, 0.15) is 56.4 Å². The molecule has 17 nitrogen and oxygen atoms in total. The van der Waals surface area contributed by atoms with Gasteiger partial charge < -0.3 is 33.6 Å². The van der Waals surface area contributed by atoms with Crippen LogP contribution in [0, 0.1) is 0 Å². The second kappa shape index (κ2) is 28.2. The number of hydrogen-bond acceptors (Lipinski definition) is 13. The van der Waals surface area contributed by atoms with Gasteiger partial charge in [-0.05, 0) is 46.8 Å². The molecule has 4 aromatic carbocycles. The quantitative estimate of drug-likeness (QED) is 0.0278. The molecule has 0 aliphatic rings. The van der Waals surface area contributed by atoms with Crippen LogP contribution in [0.15, 0.2) is 131 Å². The average molecular weight is 915 g/mol. The number of aliphatic hydroxyl groups is 2. The number of guanidine groups is 2. The van der Waals surface area contributed by atoms with E-state index in [-0.39, 0.29) is 49.4 Å². The fraction of sp³-hybridized carbons (Fsp3) is 0.362. The molecule has 4 amide bonds. The SMILES string of the molecule is CCC(CO[Si](C)(C)C(C)(C)C)N=C(NC(=O)OCc1ccccc1)NC(=O)OCc1ccccc1.O=C(NC(=NC(CO)CO)NC(=O)OCc1ccccc1)OCc1ccccc1. The molecule has 0 aliphatic heterocycles. The molecule has 4 aromatic rings. The van der Waals surface area contributed by atoms with Crippen LogP contribution in [0.4, 0.5) is 19.2 Å². The second-order valence-electron chi connectivity index (χ2n) is 15.9. The third-order valence-corrected chi connectivity index (χ3v) is 14.2. The Hall–Kier alpha value is -6.60. The number of ether oxygens (including phenoxy) is 4. The van der Waals surface area contributed by atoms with Gasteiger partial charge >= 0.3 is 24.4 Å². The normalized spacial score (nSPS) is 11.3. The predicted molar refractivity (Wildman–Crippen MR) is 249 cm³/mol. The number of benzene rings is 4. The third kappa shape index (κ3) is 21.6. The highest BCUT2D eigenvalue weighted by Gasteiger charge is 2.37. The molecule has 350 valence electrons. The van der Waals surface area contributed by atoms with Crippen LogP contribution in [-0.4, -0.2) is 86.7 Å². The van der Waals surface area contributed by atoms with Crippen molar-refractivity contribution in [3.8, 4) is 0 Å². The van der Waals surface area contributed by atoms with Gasteiger partial charge in [0.05, 0.1) is 31.9 Å². The highest BCUT2D eigenvalue weighted by atomic mass is 28.4. The summed E-state index contributed by atoms with van der Waals surface area (Å²) in [5.41, 5.74) is 3.24. The number of hydrogen-bond donors (Lipinski definition) is 6. The number of rotatable bonds is 16. The van der Waals surface area contributed by atoms with Crippen LogP contribution in [0.2, 0.25) is 18.1 Å². The van der Waals surface area contributed by atoms with E-state index in [4.69, 9.17) is 23.4 Å². The van der Waals surface area contributed by atoms with E-state index in [0.717, 1.165) is 22.3 Å². The van der Waals surface area contributed by atoms with E-state index in [1.54, 1.807) is 48.5 Å². The molecular formula is C47H62N6O11Si. The van der Waals surface area contributed by atoms with Crippen LogP contribution in [0.3, 0.4) is 0 Å². The zero-order valence-corrected chi connectivity index (χ0v) is 38.8. The van der Waals surface area contributed by atoms with Gasteiger partial charge in [0.1, 0.15) is 26.4 Å². The van der Waals surface area contributed by atoms with Gasteiger partial charge in [0.25, 0.3) is 0 Å². The van der Waals surface area contributed by atoms with Crippen molar-refractivity contribution in [2.75, 3.05) is 19.8 Å². The fourth-order valence-corrected chi connectivity index (χ4v) is 5.93. The van der Waals surface area contributed by atoms with E-state index >= 15 is 0 Å². The third-order valence-electron chi connectivity index (χ3n) is 9.69. The zero-order chi connectivity index (χ0) is 47.5. The van der Waals surface area contributed by atoms with Crippen molar-refractivity contribution in [1.29, 1.82) is 0 Å². The maximum absolute atomic E-state index is 12.5. The summed E-state index contributed by atoms with van der Waals surface area (Å²) < 4.78 is 27.0. The first kappa shape index (κ1) is 52.7.